The van der Waals surface area contributed by atoms with E-state index in [0.717, 1.165) is 27.3 Å². The van der Waals surface area contributed by atoms with Crippen molar-refractivity contribution < 1.29 is 38.8 Å². The van der Waals surface area contributed by atoms with Gasteiger partial charge in [0.2, 0.25) is 11.6 Å². The molecule has 17 heteroatoms. The molecule has 0 radical (unpaired) electrons. The van der Waals surface area contributed by atoms with Crippen molar-refractivity contribution >= 4 is 80.3 Å². The fourth-order valence-corrected chi connectivity index (χ4v) is 6.75. The van der Waals surface area contributed by atoms with Crippen LogP contribution in [0.1, 0.15) is 12.6 Å². The number of rotatable bonds is 9. The molecule has 3 aromatic heterocycles. The number of hydrogen-bond donors (Lipinski definition) is 4. The molecular formula is C24H23ClN7O7S2+. The van der Waals surface area contributed by atoms with Gasteiger partial charge in [0.05, 0.1) is 0 Å². The van der Waals surface area contributed by atoms with E-state index in [2.05, 4.69) is 15.5 Å². The van der Waals surface area contributed by atoms with Crippen LogP contribution in [0.25, 0.3) is 11.0 Å². The standard InChI is InChI=1S/C24H22ClN7O7S2/c1-10(22(35)36)39-29-15(14-18(25)41-24(26)28-14)19(33)27-16-20(34)32-17(23(37)38)11(9-40-21(16)32)8-31-6-3-4-12-13(31)5-7-30(12)2/h3-7,10,16,21H,8-9H2,1-2H3,(H4-,26,27,28,33,35,36,37,38)/p+1/b29-15-/t10-,16+,21?/m0/s1. The number of β-lactam (4-membered cyclic amide) rings is 1. The molecule has 3 aromatic rings. The van der Waals surface area contributed by atoms with Crippen molar-refractivity contribution in [2.45, 2.75) is 31.0 Å². The van der Waals surface area contributed by atoms with E-state index in [1.165, 1.54) is 18.7 Å². The normalized spacial score (nSPS) is 19.5. The number of nitrogens with two attached hydrogens (primary N) is 1. The lowest BCUT2D eigenvalue weighted by molar-refractivity contribution is -0.663. The quantitative estimate of drug-likeness (QED) is 0.115. The number of carbonyl (C=O) groups is 4. The molecule has 1 fully saturated rings. The summed E-state index contributed by atoms with van der Waals surface area (Å²) < 4.78 is 3.87. The van der Waals surface area contributed by atoms with E-state index in [1.807, 2.05) is 46.8 Å². The molecule has 14 nitrogen and oxygen atoms in total. The number of thioether (sulfide) groups is 1. The third kappa shape index (κ3) is 5.20. The lowest BCUT2D eigenvalue weighted by Gasteiger charge is -2.49. The lowest BCUT2D eigenvalue weighted by atomic mass is 10.0. The van der Waals surface area contributed by atoms with Gasteiger partial charge in [0.15, 0.2) is 23.6 Å². The molecule has 0 aromatic carbocycles. The molecule has 1 saturated heterocycles. The molecule has 0 aliphatic carbocycles. The molecule has 2 aliphatic rings. The molecule has 214 valence electrons. The first-order valence-corrected chi connectivity index (χ1v) is 14.2. The maximum absolute atomic E-state index is 13.2. The molecular weight excluding hydrogens is 598 g/mol. The predicted molar refractivity (Wildman–Crippen MR) is 149 cm³/mol. The Morgan fingerprint density at radius 2 is 2.12 bits per heavy atom. The largest absolute Gasteiger partial charge is 0.478 e. The van der Waals surface area contributed by atoms with Crippen molar-refractivity contribution in [1.82, 2.24) is 19.8 Å². The average Bonchev–Trinajstić information content (AvgIpc) is 3.47. The van der Waals surface area contributed by atoms with Crippen LogP contribution >= 0.6 is 34.7 Å². The Bertz CT molecular complexity index is 1670. The molecule has 5 heterocycles. The maximum Gasteiger partial charge on any atom is 0.352 e. The van der Waals surface area contributed by atoms with Crippen LogP contribution in [0.3, 0.4) is 0 Å². The average molecular weight is 621 g/mol. The number of anilines is 1. The summed E-state index contributed by atoms with van der Waals surface area (Å²) in [5.74, 6) is -3.84. The van der Waals surface area contributed by atoms with Crippen molar-refractivity contribution in [1.29, 1.82) is 0 Å². The molecule has 2 aliphatic heterocycles. The Morgan fingerprint density at radius 1 is 1.37 bits per heavy atom. The lowest BCUT2D eigenvalue weighted by Crippen LogP contribution is -2.71. The molecule has 5 rings (SSSR count). The van der Waals surface area contributed by atoms with Crippen LogP contribution in [-0.4, -0.2) is 77.4 Å². The number of carbonyl (C=O) groups excluding carboxylic acids is 2. The van der Waals surface area contributed by atoms with Gasteiger partial charge in [-0.3, -0.25) is 14.5 Å². The number of amides is 2. The Kier molecular flexibility index (Phi) is 7.63. The third-order valence-electron chi connectivity index (χ3n) is 6.52. The minimum Gasteiger partial charge on any atom is -0.478 e. The van der Waals surface area contributed by atoms with Crippen molar-refractivity contribution in [2.75, 3.05) is 11.5 Å². The van der Waals surface area contributed by atoms with Gasteiger partial charge < -0.3 is 30.7 Å². The number of carboxylic acids is 2. The van der Waals surface area contributed by atoms with E-state index in [0.29, 0.717) is 11.3 Å². The van der Waals surface area contributed by atoms with Crippen LogP contribution in [0.2, 0.25) is 4.34 Å². The molecule has 0 saturated carbocycles. The Labute approximate surface area is 245 Å². The SMILES string of the molecule is C[C@H](O/N=C(\C(=O)N[C@@H]1C(=O)N2C(C(=O)O)=C(C[n+]3cccc4c3ccn4C)CSC12)c1nc(N)sc1Cl)C(=O)O. The van der Waals surface area contributed by atoms with Crippen LogP contribution in [0.5, 0.6) is 0 Å². The van der Waals surface area contributed by atoms with Gasteiger partial charge in [-0.1, -0.05) is 28.1 Å². The highest BCUT2D eigenvalue weighted by Crippen LogP contribution is 2.40. The Hall–Kier alpha value is -4.15. The van der Waals surface area contributed by atoms with E-state index in [9.17, 15) is 24.3 Å². The number of pyridine rings is 1. The maximum atomic E-state index is 13.2. The van der Waals surface area contributed by atoms with Gasteiger partial charge in [0.1, 0.15) is 32.7 Å². The third-order valence-corrected chi connectivity index (χ3v) is 8.94. The van der Waals surface area contributed by atoms with Gasteiger partial charge in [-0.25, -0.2) is 14.6 Å². The van der Waals surface area contributed by atoms with E-state index >= 15 is 0 Å². The fraction of sp³-hybridized carbons (Fsp3) is 0.292. The van der Waals surface area contributed by atoms with Crippen LogP contribution in [0.15, 0.2) is 47.0 Å². The highest BCUT2D eigenvalue weighted by atomic mass is 35.5. The van der Waals surface area contributed by atoms with Crippen LogP contribution in [-0.2, 0) is 37.6 Å². The number of aliphatic carboxylic acids is 2. The highest BCUT2D eigenvalue weighted by molar-refractivity contribution is 8.00. The van der Waals surface area contributed by atoms with E-state index < -0.39 is 47.0 Å². The number of fused-ring (bicyclic) bond motifs is 2. The molecule has 0 spiro atoms. The number of thiazole rings is 1. The topological polar surface area (TPSA) is 193 Å². The summed E-state index contributed by atoms with van der Waals surface area (Å²) in [7, 11) is 1.91. The first-order valence-electron chi connectivity index (χ1n) is 12.0. The second-order valence-electron chi connectivity index (χ2n) is 9.15. The summed E-state index contributed by atoms with van der Waals surface area (Å²) in [5, 5.41) is 24.7. The Balaban J connectivity index is 1.39. The van der Waals surface area contributed by atoms with Gasteiger partial charge in [0, 0.05) is 36.7 Å². The summed E-state index contributed by atoms with van der Waals surface area (Å²) in [4.78, 5) is 60.0. The van der Waals surface area contributed by atoms with E-state index in [-0.39, 0.29) is 27.4 Å². The second-order valence-corrected chi connectivity index (χ2v) is 11.9. The molecule has 5 N–H and O–H groups in total. The number of aromatic nitrogens is 3. The van der Waals surface area contributed by atoms with Crippen LogP contribution < -0.4 is 15.6 Å². The highest BCUT2D eigenvalue weighted by Gasteiger charge is 2.55. The van der Waals surface area contributed by atoms with Crippen molar-refractivity contribution in [3.8, 4) is 0 Å². The number of aryl methyl sites for hydroxylation is 1. The zero-order valence-electron chi connectivity index (χ0n) is 21.5. The van der Waals surface area contributed by atoms with Crippen molar-refractivity contribution in [3.63, 3.8) is 0 Å². The smallest absolute Gasteiger partial charge is 0.352 e. The number of nitrogens with zero attached hydrogens (tertiary/aromatic N) is 5. The summed E-state index contributed by atoms with van der Waals surface area (Å²) in [6, 6.07) is 4.65. The summed E-state index contributed by atoms with van der Waals surface area (Å²) in [5.41, 5.74) is 7.35. The second kappa shape index (κ2) is 11.0. The number of nitrogens with one attached hydrogen (secondary N) is 1. The molecule has 41 heavy (non-hydrogen) atoms. The number of nitrogen functional groups attached to an aromatic ring is 1. The summed E-state index contributed by atoms with van der Waals surface area (Å²) in [6.45, 7) is 1.46. The Morgan fingerprint density at radius 3 is 2.78 bits per heavy atom. The van der Waals surface area contributed by atoms with Crippen LogP contribution in [0.4, 0.5) is 5.13 Å². The zero-order valence-corrected chi connectivity index (χ0v) is 23.9. The van der Waals surface area contributed by atoms with Crippen LogP contribution in [0, 0.1) is 0 Å². The summed E-state index contributed by atoms with van der Waals surface area (Å²) in [6.07, 6.45) is 2.35. The molecule has 0 bridgehead atoms. The fourth-order valence-electron chi connectivity index (χ4n) is 4.48. The number of halogens is 1. The molecule has 3 atom stereocenters. The van der Waals surface area contributed by atoms with Gasteiger partial charge in [0.25, 0.3) is 11.8 Å². The van der Waals surface area contributed by atoms with Gasteiger partial charge in [-0.05, 0) is 13.0 Å². The first kappa shape index (κ1) is 28.4. The van der Waals surface area contributed by atoms with E-state index in [4.69, 9.17) is 27.3 Å². The van der Waals surface area contributed by atoms with Gasteiger partial charge >= 0.3 is 11.9 Å². The minimum absolute atomic E-state index is 0.00302. The predicted octanol–water partition coefficient (Wildman–Crippen LogP) is 0.791. The molecule has 1 unspecified atom stereocenters. The number of oxime groups is 1. The van der Waals surface area contributed by atoms with Gasteiger partial charge in [-0.2, -0.15) is 4.57 Å². The van der Waals surface area contributed by atoms with E-state index in [1.54, 1.807) is 0 Å². The van der Waals surface area contributed by atoms with Gasteiger partial charge in [-0.15, -0.1) is 11.8 Å². The number of hydrogen-bond acceptors (Lipinski definition) is 10. The van der Waals surface area contributed by atoms with Crippen molar-refractivity contribution in [2.24, 2.45) is 12.2 Å². The summed E-state index contributed by atoms with van der Waals surface area (Å²) >= 11 is 8.32. The minimum atomic E-state index is -1.40. The number of carboxylic acid groups (broad SMARTS) is 2. The van der Waals surface area contributed by atoms with Crippen molar-refractivity contribution in [3.05, 3.63) is 51.9 Å². The first-order chi connectivity index (χ1) is 19.5. The molecule has 2 amide bonds. The zero-order chi connectivity index (χ0) is 29.6. The monoisotopic (exact) mass is 620 g/mol.